The molecule has 1 heterocycles. The van der Waals surface area contributed by atoms with Gasteiger partial charge in [-0.05, 0) is 12.3 Å². The molecule has 0 radical (unpaired) electrons. The van der Waals surface area contributed by atoms with Gasteiger partial charge in [0.1, 0.15) is 12.2 Å². The Balaban J connectivity index is 2.36. The first kappa shape index (κ1) is 12.2. The summed E-state index contributed by atoms with van der Waals surface area (Å²) in [7, 11) is 0. The first-order valence-corrected chi connectivity index (χ1v) is 6.10. The van der Waals surface area contributed by atoms with Gasteiger partial charge in [0.25, 0.3) is 0 Å². The molecule has 1 aromatic heterocycles. The van der Waals surface area contributed by atoms with Gasteiger partial charge in [0.05, 0.1) is 0 Å². The van der Waals surface area contributed by atoms with Crippen molar-refractivity contribution in [1.29, 1.82) is 0 Å². The van der Waals surface area contributed by atoms with Crippen LogP contribution in [0.1, 0.15) is 52.3 Å². The highest BCUT2D eigenvalue weighted by Crippen LogP contribution is 2.07. The lowest BCUT2D eigenvalue weighted by atomic mass is 10.1. The zero-order valence-corrected chi connectivity index (χ0v) is 10.2. The van der Waals surface area contributed by atoms with Crippen LogP contribution in [0.2, 0.25) is 0 Å². The van der Waals surface area contributed by atoms with Crippen molar-refractivity contribution in [1.82, 2.24) is 14.8 Å². The Morgan fingerprint density at radius 2 is 2.07 bits per heavy atom. The summed E-state index contributed by atoms with van der Waals surface area (Å²) in [6, 6.07) is 0. The van der Waals surface area contributed by atoms with Gasteiger partial charge in [-0.15, -0.1) is 10.2 Å². The fourth-order valence-corrected chi connectivity index (χ4v) is 1.73. The Morgan fingerprint density at radius 1 is 1.27 bits per heavy atom. The minimum atomic E-state index is 0.662. The summed E-state index contributed by atoms with van der Waals surface area (Å²) < 4.78 is 2.19. The molecule has 0 aliphatic rings. The van der Waals surface area contributed by atoms with Crippen molar-refractivity contribution in [2.75, 3.05) is 0 Å². The summed E-state index contributed by atoms with van der Waals surface area (Å²) in [6.07, 6.45) is 8.11. The number of unbranched alkanes of at least 4 members (excludes halogenated alkanes) is 3. The van der Waals surface area contributed by atoms with Crippen LogP contribution in [-0.4, -0.2) is 14.8 Å². The van der Waals surface area contributed by atoms with Crippen LogP contribution in [0.3, 0.4) is 0 Å². The van der Waals surface area contributed by atoms with Crippen LogP contribution in [0.15, 0.2) is 6.33 Å². The quantitative estimate of drug-likeness (QED) is 0.646. The Morgan fingerprint density at radius 3 is 2.73 bits per heavy atom. The van der Waals surface area contributed by atoms with Gasteiger partial charge >= 0.3 is 0 Å². The Labute approximate surface area is 92.9 Å². The molecule has 3 heteroatoms. The molecule has 0 fully saturated rings. The molecule has 1 rings (SSSR count). The summed E-state index contributed by atoms with van der Waals surface area (Å²) in [6.45, 7) is 7.72. The molecule has 0 aliphatic carbocycles. The normalized spacial score (nSPS) is 11.2. The molecule has 1 aromatic rings. The third kappa shape index (κ3) is 4.45. The van der Waals surface area contributed by atoms with E-state index >= 15 is 0 Å². The van der Waals surface area contributed by atoms with E-state index in [2.05, 4.69) is 35.5 Å². The van der Waals surface area contributed by atoms with Crippen molar-refractivity contribution in [2.45, 2.75) is 59.4 Å². The molecular weight excluding hydrogens is 186 g/mol. The van der Waals surface area contributed by atoms with Gasteiger partial charge in [0.15, 0.2) is 0 Å². The highest BCUT2D eigenvalue weighted by molar-refractivity contribution is 4.86. The van der Waals surface area contributed by atoms with E-state index in [0.29, 0.717) is 5.92 Å². The lowest BCUT2D eigenvalue weighted by molar-refractivity contribution is 0.500. The van der Waals surface area contributed by atoms with E-state index in [1.165, 1.54) is 25.7 Å². The number of aryl methyl sites for hydroxylation is 1. The molecule has 0 aromatic carbocycles. The van der Waals surface area contributed by atoms with Crippen LogP contribution in [0.4, 0.5) is 0 Å². The second kappa shape index (κ2) is 6.59. The fraction of sp³-hybridized carbons (Fsp3) is 0.833. The molecule has 0 saturated carbocycles. The highest BCUT2D eigenvalue weighted by Gasteiger charge is 2.05. The third-order valence-electron chi connectivity index (χ3n) is 2.51. The second-order valence-electron chi connectivity index (χ2n) is 4.60. The molecule has 3 nitrogen and oxygen atoms in total. The zero-order chi connectivity index (χ0) is 11.1. The van der Waals surface area contributed by atoms with Crippen molar-refractivity contribution in [2.24, 2.45) is 5.92 Å². The first-order chi connectivity index (χ1) is 7.24. The molecule has 15 heavy (non-hydrogen) atoms. The van der Waals surface area contributed by atoms with Crippen LogP contribution in [0.5, 0.6) is 0 Å². The van der Waals surface area contributed by atoms with Crippen LogP contribution in [0, 0.1) is 5.92 Å². The summed E-state index contributed by atoms with van der Waals surface area (Å²) in [5.74, 6) is 1.81. The van der Waals surface area contributed by atoms with Gasteiger partial charge < -0.3 is 4.57 Å². The standard InChI is InChI=1S/C12H23N3/c1-4-5-6-7-8-12-14-13-10-15(12)9-11(2)3/h10-11H,4-9H2,1-3H3. The van der Waals surface area contributed by atoms with Crippen molar-refractivity contribution in [3.8, 4) is 0 Å². The fourth-order valence-electron chi connectivity index (χ4n) is 1.73. The third-order valence-corrected chi connectivity index (χ3v) is 2.51. The van der Waals surface area contributed by atoms with Gasteiger partial charge in [-0.2, -0.15) is 0 Å². The number of hydrogen-bond donors (Lipinski definition) is 0. The van der Waals surface area contributed by atoms with Crippen molar-refractivity contribution in [3.05, 3.63) is 12.2 Å². The van der Waals surface area contributed by atoms with E-state index in [9.17, 15) is 0 Å². The minimum absolute atomic E-state index is 0.662. The maximum Gasteiger partial charge on any atom is 0.132 e. The summed E-state index contributed by atoms with van der Waals surface area (Å²) in [5, 5.41) is 8.17. The minimum Gasteiger partial charge on any atom is -0.317 e. The maximum atomic E-state index is 4.18. The van der Waals surface area contributed by atoms with Gasteiger partial charge in [-0.25, -0.2) is 0 Å². The molecule has 0 amide bonds. The monoisotopic (exact) mass is 209 g/mol. The number of hydrogen-bond acceptors (Lipinski definition) is 2. The van der Waals surface area contributed by atoms with Gasteiger partial charge in [0, 0.05) is 13.0 Å². The maximum absolute atomic E-state index is 4.18. The van der Waals surface area contributed by atoms with Gasteiger partial charge in [0.2, 0.25) is 0 Å². The topological polar surface area (TPSA) is 30.7 Å². The van der Waals surface area contributed by atoms with Crippen LogP contribution in [-0.2, 0) is 13.0 Å². The first-order valence-electron chi connectivity index (χ1n) is 6.10. The largest absolute Gasteiger partial charge is 0.317 e. The van der Waals surface area contributed by atoms with Crippen molar-refractivity contribution < 1.29 is 0 Å². The molecule has 0 N–H and O–H groups in total. The van der Waals surface area contributed by atoms with E-state index in [1.54, 1.807) is 0 Å². The van der Waals surface area contributed by atoms with Crippen molar-refractivity contribution >= 4 is 0 Å². The van der Waals surface area contributed by atoms with E-state index in [4.69, 9.17) is 0 Å². The predicted molar refractivity (Wildman–Crippen MR) is 62.7 cm³/mol. The summed E-state index contributed by atoms with van der Waals surface area (Å²) in [4.78, 5) is 0. The van der Waals surface area contributed by atoms with Crippen LogP contribution < -0.4 is 0 Å². The van der Waals surface area contributed by atoms with E-state index < -0.39 is 0 Å². The molecule has 0 atom stereocenters. The molecule has 0 spiro atoms. The van der Waals surface area contributed by atoms with Crippen molar-refractivity contribution in [3.63, 3.8) is 0 Å². The Kier molecular flexibility index (Phi) is 5.37. The van der Waals surface area contributed by atoms with E-state index in [1.807, 2.05) is 6.33 Å². The summed E-state index contributed by atoms with van der Waals surface area (Å²) in [5.41, 5.74) is 0. The highest BCUT2D eigenvalue weighted by atomic mass is 15.3. The number of rotatable bonds is 7. The average molecular weight is 209 g/mol. The van der Waals surface area contributed by atoms with E-state index in [0.717, 1.165) is 18.8 Å². The molecule has 0 bridgehead atoms. The smallest absolute Gasteiger partial charge is 0.132 e. The van der Waals surface area contributed by atoms with Gasteiger partial charge in [-0.1, -0.05) is 40.0 Å². The molecular formula is C12H23N3. The predicted octanol–water partition coefficient (Wildman–Crippen LogP) is 3.06. The lowest BCUT2D eigenvalue weighted by Gasteiger charge is -2.08. The summed E-state index contributed by atoms with van der Waals surface area (Å²) >= 11 is 0. The van der Waals surface area contributed by atoms with Crippen LogP contribution in [0.25, 0.3) is 0 Å². The molecule has 0 saturated heterocycles. The number of nitrogens with zero attached hydrogens (tertiary/aromatic N) is 3. The SMILES string of the molecule is CCCCCCc1nncn1CC(C)C. The Bertz CT molecular complexity index is 266. The van der Waals surface area contributed by atoms with Crippen LogP contribution >= 0.6 is 0 Å². The molecule has 0 aliphatic heterocycles. The molecule has 86 valence electrons. The van der Waals surface area contributed by atoms with Gasteiger partial charge in [-0.3, -0.25) is 0 Å². The second-order valence-corrected chi connectivity index (χ2v) is 4.60. The van der Waals surface area contributed by atoms with E-state index in [-0.39, 0.29) is 0 Å². The average Bonchev–Trinajstić information content (AvgIpc) is 2.59. The number of aromatic nitrogens is 3. The Hall–Kier alpha value is -0.860. The molecule has 0 unspecified atom stereocenters. The zero-order valence-electron chi connectivity index (χ0n) is 10.2. The lowest BCUT2D eigenvalue weighted by Crippen LogP contribution is -2.07.